The third-order valence-electron chi connectivity index (χ3n) is 3.77. The minimum Gasteiger partial charge on any atom is -0.395 e. The molecule has 1 aromatic carbocycles. The van der Waals surface area contributed by atoms with Crippen LogP contribution in [0, 0.1) is 11.3 Å². The van der Waals surface area contributed by atoms with Crippen molar-refractivity contribution in [2.24, 2.45) is 0 Å². The number of aliphatic hydroxyl groups excluding tert-OH is 1. The standard InChI is InChI=1S/C16H23N3O/c1-18(10-2-9-17)15-5-3-14(4-6-15)13-19(11-12-20)16-7-8-16/h3-6,16,20H,2,7-8,10-13H2,1H3. The molecule has 0 unspecified atom stereocenters. The first kappa shape index (κ1) is 14.8. The highest BCUT2D eigenvalue weighted by molar-refractivity contribution is 5.46. The van der Waals surface area contributed by atoms with Gasteiger partial charge in [-0.05, 0) is 30.5 Å². The lowest BCUT2D eigenvalue weighted by atomic mass is 10.1. The zero-order valence-corrected chi connectivity index (χ0v) is 12.1. The van der Waals surface area contributed by atoms with Crippen molar-refractivity contribution in [1.82, 2.24) is 4.90 Å². The van der Waals surface area contributed by atoms with Crippen LogP contribution in [0.2, 0.25) is 0 Å². The molecule has 0 radical (unpaired) electrons. The Bertz CT molecular complexity index is 448. The van der Waals surface area contributed by atoms with Gasteiger partial charge in [-0.2, -0.15) is 5.26 Å². The van der Waals surface area contributed by atoms with E-state index in [-0.39, 0.29) is 6.61 Å². The lowest BCUT2D eigenvalue weighted by Gasteiger charge is -2.22. The topological polar surface area (TPSA) is 50.5 Å². The van der Waals surface area contributed by atoms with Gasteiger partial charge in [-0.15, -0.1) is 0 Å². The Morgan fingerprint density at radius 1 is 1.25 bits per heavy atom. The van der Waals surface area contributed by atoms with Crippen molar-refractivity contribution >= 4 is 5.69 Å². The summed E-state index contributed by atoms with van der Waals surface area (Å²) in [5.74, 6) is 0. The molecular weight excluding hydrogens is 250 g/mol. The van der Waals surface area contributed by atoms with Crippen LogP contribution < -0.4 is 4.90 Å². The maximum absolute atomic E-state index is 9.12. The monoisotopic (exact) mass is 273 g/mol. The second-order valence-electron chi connectivity index (χ2n) is 5.42. The summed E-state index contributed by atoms with van der Waals surface area (Å²) >= 11 is 0. The van der Waals surface area contributed by atoms with Gasteiger partial charge in [0.25, 0.3) is 0 Å². The summed E-state index contributed by atoms with van der Waals surface area (Å²) in [6.45, 7) is 2.65. The van der Waals surface area contributed by atoms with E-state index in [0.717, 1.165) is 25.3 Å². The van der Waals surface area contributed by atoms with Crippen LogP contribution in [0.4, 0.5) is 5.69 Å². The van der Waals surface area contributed by atoms with E-state index in [2.05, 4.69) is 40.1 Å². The summed E-state index contributed by atoms with van der Waals surface area (Å²) < 4.78 is 0. The molecule has 0 aromatic heterocycles. The van der Waals surface area contributed by atoms with Crippen LogP contribution in [0.5, 0.6) is 0 Å². The molecule has 1 aliphatic rings. The summed E-state index contributed by atoms with van der Waals surface area (Å²) in [4.78, 5) is 4.45. The van der Waals surface area contributed by atoms with E-state index in [9.17, 15) is 0 Å². The fraction of sp³-hybridized carbons (Fsp3) is 0.562. The lowest BCUT2D eigenvalue weighted by molar-refractivity contribution is 0.183. The molecular formula is C16H23N3O. The number of aliphatic hydroxyl groups is 1. The van der Waals surface area contributed by atoms with E-state index in [1.807, 2.05) is 7.05 Å². The van der Waals surface area contributed by atoms with Gasteiger partial charge < -0.3 is 10.0 Å². The fourth-order valence-corrected chi connectivity index (χ4v) is 2.40. The Balaban J connectivity index is 1.91. The fourth-order valence-electron chi connectivity index (χ4n) is 2.40. The van der Waals surface area contributed by atoms with E-state index < -0.39 is 0 Å². The average Bonchev–Trinajstić information content (AvgIpc) is 3.29. The van der Waals surface area contributed by atoms with Gasteiger partial charge in [-0.3, -0.25) is 4.90 Å². The summed E-state index contributed by atoms with van der Waals surface area (Å²) in [6, 6.07) is 11.3. The van der Waals surface area contributed by atoms with E-state index in [0.29, 0.717) is 12.5 Å². The summed E-state index contributed by atoms with van der Waals surface area (Å²) in [5.41, 5.74) is 2.42. The molecule has 2 rings (SSSR count). The number of benzene rings is 1. The minimum atomic E-state index is 0.228. The van der Waals surface area contributed by atoms with Crippen molar-refractivity contribution in [1.29, 1.82) is 5.26 Å². The molecule has 0 amide bonds. The van der Waals surface area contributed by atoms with Crippen LogP contribution in [-0.4, -0.2) is 42.8 Å². The SMILES string of the molecule is CN(CCC#N)c1ccc(CN(CCO)C2CC2)cc1. The first-order valence-corrected chi connectivity index (χ1v) is 7.26. The Kier molecular flexibility index (Phi) is 5.40. The molecule has 0 bridgehead atoms. The van der Waals surface area contributed by atoms with Crippen LogP contribution in [0.15, 0.2) is 24.3 Å². The second-order valence-corrected chi connectivity index (χ2v) is 5.42. The normalized spacial score (nSPS) is 14.3. The smallest absolute Gasteiger partial charge is 0.0640 e. The number of nitrogens with zero attached hydrogens (tertiary/aromatic N) is 3. The molecule has 4 nitrogen and oxygen atoms in total. The van der Waals surface area contributed by atoms with Gasteiger partial charge in [0.15, 0.2) is 0 Å². The van der Waals surface area contributed by atoms with Gasteiger partial charge in [0.05, 0.1) is 19.1 Å². The lowest BCUT2D eigenvalue weighted by Crippen LogP contribution is -2.28. The zero-order chi connectivity index (χ0) is 14.4. The van der Waals surface area contributed by atoms with Gasteiger partial charge in [0, 0.05) is 38.4 Å². The van der Waals surface area contributed by atoms with Gasteiger partial charge in [-0.25, -0.2) is 0 Å². The van der Waals surface area contributed by atoms with Crippen LogP contribution in [0.25, 0.3) is 0 Å². The molecule has 1 N–H and O–H groups in total. The molecule has 4 heteroatoms. The molecule has 1 fully saturated rings. The van der Waals surface area contributed by atoms with Crippen LogP contribution in [0.3, 0.4) is 0 Å². The van der Waals surface area contributed by atoms with E-state index >= 15 is 0 Å². The number of hydrogen-bond acceptors (Lipinski definition) is 4. The Morgan fingerprint density at radius 2 is 1.95 bits per heavy atom. The molecule has 0 saturated heterocycles. The van der Waals surface area contributed by atoms with Gasteiger partial charge in [0.1, 0.15) is 0 Å². The molecule has 108 valence electrons. The number of rotatable bonds is 8. The van der Waals surface area contributed by atoms with Crippen molar-refractivity contribution in [3.05, 3.63) is 29.8 Å². The Hall–Kier alpha value is -1.57. The maximum atomic E-state index is 9.12. The number of anilines is 1. The molecule has 20 heavy (non-hydrogen) atoms. The highest BCUT2D eigenvalue weighted by Gasteiger charge is 2.28. The Morgan fingerprint density at radius 3 is 2.50 bits per heavy atom. The van der Waals surface area contributed by atoms with Gasteiger partial charge >= 0.3 is 0 Å². The molecule has 1 aliphatic carbocycles. The number of hydrogen-bond donors (Lipinski definition) is 1. The van der Waals surface area contributed by atoms with Gasteiger partial charge in [-0.1, -0.05) is 12.1 Å². The van der Waals surface area contributed by atoms with Crippen LogP contribution in [0.1, 0.15) is 24.8 Å². The van der Waals surface area contributed by atoms with Crippen molar-refractivity contribution in [2.45, 2.75) is 31.8 Å². The molecule has 1 saturated carbocycles. The predicted octanol–water partition coefficient (Wildman–Crippen LogP) is 1.99. The summed E-state index contributed by atoms with van der Waals surface area (Å²) in [6.07, 6.45) is 3.06. The van der Waals surface area contributed by atoms with E-state index in [1.54, 1.807) is 0 Å². The van der Waals surface area contributed by atoms with Crippen LogP contribution in [-0.2, 0) is 6.54 Å². The molecule has 0 heterocycles. The second kappa shape index (κ2) is 7.28. The van der Waals surface area contributed by atoms with Crippen molar-refractivity contribution in [3.8, 4) is 6.07 Å². The quantitative estimate of drug-likeness (QED) is 0.787. The Labute approximate surface area is 121 Å². The highest BCUT2D eigenvalue weighted by atomic mass is 16.3. The summed E-state index contributed by atoms with van der Waals surface area (Å²) in [7, 11) is 2.01. The number of nitriles is 1. The molecule has 0 atom stereocenters. The molecule has 0 spiro atoms. The molecule has 0 aliphatic heterocycles. The third-order valence-corrected chi connectivity index (χ3v) is 3.77. The third kappa shape index (κ3) is 4.22. The highest BCUT2D eigenvalue weighted by Crippen LogP contribution is 2.28. The first-order chi connectivity index (χ1) is 9.74. The van der Waals surface area contributed by atoms with Crippen molar-refractivity contribution in [3.63, 3.8) is 0 Å². The van der Waals surface area contributed by atoms with Crippen LogP contribution >= 0.6 is 0 Å². The van der Waals surface area contributed by atoms with E-state index in [4.69, 9.17) is 10.4 Å². The van der Waals surface area contributed by atoms with E-state index in [1.165, 1.54) is 18.4 Å². The average molecular weight is 273 g/mol. The first-order valence-electron chi connectivity index (χ1n) is 7.26. The zero-order valence-electron chi connectivity index (χ0n) is 12.1. The molecule has 1 aromatic rings. The summed E-state index contributed by atoms with van der Waals surface area (Å²) in [5, 5.41) is 17.7. The maximum Gasteiger partial charge on any atom is 0.0640 e. The van der Waals surface area contributed by atoms with Crippen molar-refractivity contribution < 1.29 is 5.11 Å². The van der Waals surface area contributed by atoms with Crippen molar-refractivity contribution in [2.75, 3.05) is 31.6 Å². The largest absolute Gasteiger partial charge is 0.395 e. The van der Waals surface area contributed by atoms with Gasteiger partial charge in [0.2, 0.25) is 0 Å². The minimum absolute atomic E-state index is 0.228. The predicted molar refractivity (Wildman–Crippen MR) is 80.5 cm³/mol.